The topological polar surface area (TPSA) is 36.3 Å². The third kappa shape index (κ3) is 2.55. The van der Waals surface area contributed by atoms with Gasteiger partial charge in [-0.05, 0) is 63.7 Å². The fraction of sp³-hybridized carbons (Fsp3) is 0.533. The van der Waals surface area contributed by atoms with Gasteiger partial charge < -0.3 is 9.64 Å². The third-order valence-electron chi connectivity index (χ3n) is 3.61. The maximum absolute atomic E-state index is 8.91. The number of fused-ring (bicyclic) bond motifs is 1. The quantitative estimate of drug-likeness (QED) is 0.817. The van der Waals surface area contributed by atoms with Crippen molar-refractivity contribution < 1.29 is 4.74 Å². The van der Waals surface area contributed by atoms with E-state index < -0.39 is 0 Å². The number of nitrogens with zero attached hydrogens (tertiary/aromatic N) is 2. The van der Waals surface area contributed by atoms with Gasteiger partial charge in [0.05, 0.1) is 23.8 Å². The Morgan fingerprint density at radius 2 is 2.22 bits per heavy atom. The molecule has 1 heterocycles. The van der Waals surface area contributed by atoms with E-state index in [9.17, 15) is 0 Å². The molecule has 3 nitrogen and oxygen atoms in total. The smallest absolute Gasteiger partial charge is 0.0991 e. The minimum atomic E-state index is -0.181. The molecule has 0 radical (unpaired) electrons. The lowest BCUT2D eigenvalue weighted by atomic mass is 9.89. The van der Waals surface area contributed by atoms with Crippen molar-refractivity contribution in [3.63, 3.8) is 0 Å². The monoisotopic (exact) mass is 244 g/mol. The van der Waals surface area contributed by atoms with E-state index in [0.29, 0.717) is 6.61 Å². The van der Waals surface area contributed by atoms with Crippen LogP contribution in [0.3, 0.4) is 0 Å². The summed E-state index contributed by atoms with van der Waals surface area (Å²) in [6, 6.07) is 8.07. The van der Waals surface area contributed by atoms with Crippen molar-refractivity contribution in [2.75, 3.05) is 20.6 Å². The molecule has 0 amide bonds. The number of nitriles is 1. The minimum absolute atomic E-state index is 0.181. The van der Waals surface area contributed by atoms with Gasteiger partial charge in [0.25, 0.3) is 0 Å². The van der Waals surface area contributed by atoms with E-state index >= 15 is 0 Å². The first-order valence-corrected chi connectivity index (χ1v) is 6.37. The van der Waals surface area contributed by atoms with E-state index in [2.05, 4.69) is 38.1 Å². The molecule has 2 rings (SSSR count). The molecular formula is C15H20N2O. The van der Waals surface area contributed by atoms with Crippen LogP contribution in [-0.4, -0.2) is 25.5 Å². The molecule has 1 aliphatic heterocycles. The van der Waals surface area contributed by atoms with Crippen molar-refractivity contribution in [3.05, 3.63) is 34.9 Å². The van der Waals surface area contributed by atoms with Gasteiger partial charge in [-0.15, -0.1) is 0 Å². The van der Waals surface area contributed by atoms with E-state index in [0.717, 1.165) is 24.9 Å². The van der Waals surface area contributed by atoms with Crippen LogP contribution in [0.15, 0.2) is 18.2 Å². The first kappa shape index (κ1) is 13.1. The Hall–Kier alpha value is -1.37. The van der Waals surface area contributed by atoms with Crippen LogP contribution in [0.1, 0.15) is 36.5 Å². The molecule has 1 aliphatic rings. The van der Waals surface area contributed by atoms with Gasteiger partial charge in [-0.3, -0.25) is 0 Å². The average molecular weight is 244 g/mol. The van der Waals surface area contributed by atoms with Crippen molar-refractivity contribution in [2.45, 2.75) is 32.0 Å². The van der Waals surface area contributed by atoms with Gasteiger partial charge in [0.1, 0.15) is 0 Å². The Bertz CT molecular complexity index is 476. The van der Waals surface area contributed by atoms with Crippen LogP contribution in [0.5, 0.6) is 0 Å². The van der Waals surface area contributed by atoms with Crippen molar-refractivity contribution in [3.8, 4) is 6.07 Å². The highest BCUT2D eigenvalue weighted by atomic mass is 16.5. The molecule has 0 unspecified atom stereocenters. The molecule has 1 aromatic carbocycles. The van der Waals surface area contributed by atoms with Crippen LogP contribution in [0.4, 0.5) is 0 Å². The van der Waals surface area contributed by atoms with Crippen molar-refractivity contribution in [2.24, 2.45) is 0 Å². The fourth-order valence-corrected chi connectivity index (χ4v) is 2.55. The van der Waals surface area contributed by atoms with Crippen molar-refractivity contribution in [1.29, 1.82) is 5.26 Å². The highest BCUT2D eigenvalue weighted by molar-refractivity contribution is 5.42. The Morgan fingerprint density at radius 1 is 1.44 bits per heavy atom. The summed E-state index contributed by atoms with van der Waals surface area (Å²) in [4.78, 5) is 2.19. The Labute approximate surface area is 109 Å². The van der Waals surface area contributed by atoms with Gasteiger partial charge in [-0.25, -0.2) is 0 Å². The SMILES string of the molecule is CN(C)CCC[C@@]1(C)OCc2cc(C#N)ccc21. The van der Waals surface area contributed by atoms with E-state index in [1.807, 2.05) is 12.1 Å². The van der Waals surface area contributed by atoms with Gasteiger partial charge in [-0.1, -0.05) is 6.07 Å². The van der Waals surface area contributed by atoms with Crippen LogP contribution in [-0.2, 0) is 16.9 Å². The van der Waals surface area contributed by atoms with Gasteiger partial charge in [-0.2, -0.15) is 5.26 Å². The minimum Gasteiger partial charge on any atom is -0.366 e. The van der Waals surface area contributed by atoms with Crippen molar-refractivity contribution in [1.82, 2.24) is 4.90 Å². The maximum atomic E-state index is 8.91. The second-order valence-electron chi connectivity index (χ2n) is 5.41. The average Bonchev–Trinajstić information content (AvgIpc) is 2.66. The first-order chi connectivity index (χ1) is 8.55. The highest BCUT2D eigenvalue weighted by Crippen LogP contribution is 2.39. The standard InChI is InChI=1S/C15H20N2O/c1-15(7-4-8-17(2)3)14-6-5-12(10-16)9-13(14)11-18-15/h5-6,9H,4,7-8,11H2,1-3H3/t15-/m1/s1. The number of ether oxygens (including phenoxy) is 1. The van der Waals surface area contributed by atoms with Crippen LogP contribution < -0.4 is 0 Å². The molecule has 1 aromatic rings. The summed E-state index contributed by atoms with van der Waals surface area (Å²) >= 11 is 0. The summed E-state index contributed by atoms with van der Waals surface area (Å²) in [5.74, 6) is 0. The molecule has 3 heteroatoms. The third-order valence-corrected chi connectivity index (χ3v) is 3.61. The molecular weight excluding hydrogens is 224 g/mol. The zero-order chi connectivity index (χ0) is 13.2. The lowest BCUT2D eigenvalue weighted by Crippen LogP contribution is -2.23. The lowest BCUT2D eigenvalue weighted by molar-refractivity contribution is -0.0317. The molecule has 18 heavy (non-hydrogen) atoms. The van der Waals surface area contributed by atoms with E-state index in [-0.39, 0.29) is 5.60 Å². The number of rotatable bonds is 4. The molecule has 0 aromatic heterocycles. The van der Waals surface area contributed by atoms with E-state index in [4.69, 9.17) is 10.00 Å². The predicted octanol–water partition coefficient (Wildman–Crippen LogP) is 2.65. The summed E-state index contributed by atoms with van der Waals surface area (Å²) in [5, 5.41) is 8.91. The van der Waals surface area contributed by atoms with E-state index in [1.54, 1.807) is 0 Å². The Kier molecular flexibility index (Phi) is 3.70. The number of hydrogen-bond donors (Lipinski definition) is 0. The Balaban J connectivity index is 2.12. The summed E-state index contributed by atoms with van der Waals surface area (Å²) in [5.41, 5.74) is 2.95. The zero-order valence-corrected chi connectivity index (χ0v) is 11.4. The van der Waals surface area contributed by atoms with Gasteiger partial charge in [0.2, 0.25) is 0 Å². The van der Waals surface area contributed by atoms with Crippen LogP contribution in [0, 0.1) is 11.3 Å². The van der Waals surface area contributed by atoms with Gasteiger partial charge >= 0.3 is 0 Å². The normalized spacial score (nSPS) is 21.9. The lowest BCUT2D eigenvalue weighted by Gasteiger charge is -2.25. The molecule has 0 spiro atoms. The van der Waals surface area contributed by atoms with Crippen LogP contribution in [0.25, 0.3) is 0 Å². The second-order valence-corrected chi connectivity index (χ2v) is 5.41. The second kappa shape index (κ2) is 5.09. The maximum Gasteiger partial charge on any atom is 0.0991 e. The Morgan fingerprint density at radius 3 is 2.89 bits per heavy atom. The van der Waals surface area contributed by atoms with Crippen LogP contribution >= 0.6 is 0 Å². The largest absolute Gasteiger partial charge is 0.366 e. The zero-order valence-electron chi connectivity index (χ0n) is 11.4. The van der Waals surface area contributed by atoms with Gasteiger partial charge in [0, 0.05) is 0 Å². The fourth-order valence-electron chi connectivity index (χ4n) is 2.55. The molecule has 0 aliphatic carbocycles. The summed E-state index contributed by atoms with van der Waals surface area (Å²) in [6.07, 6.45) is 2.13. The van der Waals surface area contributed by atoms with Crippen LogP contribution in [0.2, 0.25) is 0 Å². The molecule has 1 atom stereocenters. The number of benzene rings is 1. The molecule has 0 bridgehead atoms. The van der Waals surface area contributed by atoms with E-state index in [1.165, 1.54) is 11.1 Å². The molecule has 0 saturated carbocycles. The predicted molar refractivity (Wildman–Crippen MR) is 71.1 cm³/mol. The highest BCUT2D eigenvalue weighted by Gasteiger charge is 2.34. The van der Waals surface area contributed by atoms with Gasteiger partial charge in [0.15, 0.2) is 0 Å². The summed E-state index contributed by atoms with van der Waals surface area (Å²) < 4.78 is 5.96. The molecule has 96 valence electrons. The molecule has 0 saturated heterocycles. The number of hydrogen-bond acceptors (Lipinski definition) is 3. The first-order valence-electron chi connectivity index (χ1n) is 6.37. The summed E-state index contributed by atoms with van der Waals surface area (Å²) in [6.45, 7) is 3.86. The van der Waals surface area contributed by atoms with Crippen molar-refractivity contribution >= 4 is 0 Å². The summed E-state index contributed by atoms with van der Waals surface area (Å²) in [7, 11) is 4.18. The molecule has 0 N–H and O–H groups in total. The molecule has 0 fully saturated rings.